The first kappa shape index (κ1) is 18.9. The van der Waals surface area contributed by atoms with E-state index in [0.717, 1.165) is 6.54 Å². The summed E-state index contributed by atoms with van der Waals surface area (Å²) in [4.78, 5) is 15.3. The van der Waals surface area contributed by atoms with Gasteiger partial charge in [-0.1, -0.05) is 20.8 Å². The predicted octanol–water partition coefficient (Wildman–Crippen LogP) is 5.87. The molecule has 4 aliphatic rings. The maximum Gasteiger partial charge on any atom is 0.271 e. The zero-order chi connectivity index (χ0) is 19.7. The van der Waals surface area contributed by atoms with Crippen LogP contribution in [0.3, 0.4) is 0 Å². The number of aromatic hydroxyl groups is 1. The van der Waals surface area contributed by atoms with Gasteiger partial charge in [-0.05, 0) is 76.1 Å². The first-order valence-corrected chi connectivity index (χ1v) is 10.4. The Morgan fingerprint density at radius 2 is 1.63 bits per heavy atom. The standard InChI is InChI=1S/C21H27BrN2O3/c1-18-7-19(2)9-20(3,8-18)12-21(10-18,11-19)13-23-6-14-4-15(24(26)27)5-16(22)17(14)25/h4-6,25H,7-13H2,1-3H3. The van der Waals surface area contributed by atoms with Crippen LogP contribution in [0, 0.1) is 31.8 Å². The third kappa shape index (κ3) is 3.30. The second-order valence-electron chi connectivity index (χ2n) is 10.6. The molecule has 0 aromatic heterocycles. The van der Waals surface area contributed by atoms with Gasteiger partial charge in [-0.3, -0.25) is 15.1 Å². The van der Waals surface area contributed by atoms with Crippen molar-refractivity contribution in [3.63, 3.8) is 0 Å². The van der Waals surface area contributed by atoms with E-state index >= 15 is 0 Å². The minimum atomic E-state index is -0.455. The highest BCUT2D eigenvalue weighted by atomic mass is 79.9. The van der Waals surface area contributed by atoms with Gasteiger partial charge in [0, 0.05) is 30.5 Å². The molecule has 4 fully saturated rings. The fourth-order valence-electron chi connectivity index (χ4n) is 7.87. The first-order chi connectivity index (χ1) is 12.4. The Labute approximate surface area is 168 Å². The van der Waals surface area contributed by atoms with E-state index in [2.05, 4.69) is 36.7 Å². The first-order valence-electron chi connectivity index (χ1n) is 9.62. The van der Waals surface area contributed by atoms with E-state index in [1.165, 1.54) is 50.7 Å². The molecule has 0 unspecified atom stereocenters. The number of hydrogen-bond acceptors (Lipinski definition) is 4. The number of rotatable bonds is 4. The lowest BCUT2D eigenvalue weighted by atomic mass is 9.36. The normalized spacial score (nSPS) is 40.0. The Morgan fingerprint density at radius 1 is 1.11 bits per heavy atom. The Balaban J connectivity index is 1.60. The summed E-state index contributed by atoms with van der Waals surface area (Å²) < 4.78 is 0.320. The van der Waals surface area contributed by atoms with Crippen molar-refractivity contribution in [3.05, 3.63) is 32.3 Å². The number of nitrogens with zero attached hydrogens (tertiary/aromatic N) is 2. The third-order valence-corrected chi connectivity index (χ3v) is 7.52. The van der Waals surface area contributed by atoms with Crippen LogP contribution >= 0.6 is 15.9 Å². The largest absolute Gasteiger partial charge is 0.506 e. The number of nitro groups is 1. The van der Waals surface area contributed by atoms with Crippen molar-refractivity contribution in [1.82, 2.24) is 0 Å². The molecule has 4 aliphatic carbocycles. The molecule has 5 rings (SSSR count). The average Bonchev–Trinajstić information content (AvgIpc) is 2.46. The Kier molecular flexibility index (Phi) is 4.05. The van der Waals surface area contributed by atoms with Gasteiger partial charge in [-0.25, -0.2) is 0 Å². The molecular formula is C21H27BrN2O3. The van der Waals surface area contributed by atoms with Crippen molar-refractivity contribution >= 4 is 27.8 Å². The van der Waals surface area contributed by atoms with Crippen molar-refractivity contribution in [2.24, 2.45) is 26.7 Å². The Morgan fingerprint density at radius 3 is 2.11 bits per heavy atom. The second kappa shape index (κ2) is 5.79. The molecule has 0 radical (unpaired) electrons. The second-order valence-corrected chi connectivity index (χ2v) is 11.4. The molecule has 1 aromatic rings. The number of nitro benzene ring substituents is 1. The van der Waals surface area contributed by atoms with Crippen molar-refractivity contribution < 1.29 is 10.0 Å². The Bertz CT molecular complexity index is 797. The average molecular weight is 435 g/mol. The lowest BCUT2D eigenvalue weighted by molar-refractivity contribution is -0.385. The van der Waals surface area contributed by atoms with Crippen LogP contribution in [0.2, 0.25) is 0 Å². The summed E-state index contributed by atoms with van der Waals surface area (Å²) in [7, 11) is 0. The van der Waals surface area contributed by atoms with E-state index in [4.69, 9.17) is 4.99 Å². The van der Waals surface area contributed by atoms with Gasteiger partial charge in [0.15, 0.2) is 0 Å². The fraction of sp³-hybridized carbons (Fsp3) is 0.667. The summed E-state index contributed by atoms with van der Waals surface area (Å²) in [6, 6.07) is 2.70. The van der Waals surface area contributed by atoms with Crippen molar-refractivity contribution in [3.8, 4) is 5.75 Å². The molecule has 0 aliphatic heterocycles. The molecule has 1 aromatic carbocycles. The van der Waals surface area contributed by atoms with Crippen LogP contribution < -0.4 is 0 Å². The molecule has 4 bridgehead atoms. The van der Waals surface area contributed by atoms with Crippen LogP contribution in [0.5, 0.6) is 5.75 Å². The number of benzene rings is 1. The molecule has 0 heterocycles. The number of halogens is 1. The molecule has 6 heteroatoms. The zero-order valence-electron chi connectivity index (χ0n) is 16.2. The minimum Gasteiger partial charge on any atom is -0.506 e. The monoisotopic (exact) mass is 434 g/mol. The number of phenolic OH excluding ortho intramolecular Hbond substituents is 1. The van der Waals surface area contributed by atoms with Crippen LogP contribution in [-0.2, 0) is 0 Å². The number of hydrogen-bond donors (Lipinski definition) is 1. The van der Waals surface area contributed by atoms with Crippen molar-refractivity contribution in [1.29, 1.82) is 0 Å². The lowest BCUT2D eigenvalue weighted by Crippen LogP contribution is -2.59. The molecular weight excluding hydrogens is 408 g/mol. The third-order valence-electron chi connectivity index (χ3n) is 6.91. The molecule has 0 amide bonds. The smallest absolute Gasteiger partial charge is 0.271 e. The molecule has 0 atom stereocenters. The van der Waals surface area contributed by atoms with Gasteiger partial charge in [0.25, 0.3) is 5.69 Å². The van der Waals surface area contributed by atoms with Gasteiger partial charge in [-0.2, -0.15) is 0 Å². The summed E-state index contributed by atoms with van der Waals surface area (Å²) in [5.74, 6) is 0.000692. The minimum absolute atomic E-state index is 0.000692. The number of non-ortho nitro benzene ring substituents is 1. The molecule has 146 valence electrons. The van der Waals surface area contributed by atoms with E-state index in [1.807, 2.05) is 0 Å². The quantitative estimate of drug-likeness (QED) is 0.365. The Hall–Kier alpha value is -1.43. The summed E-state index contributed by atoms with van der Waals surface area (Å²) >= 11 is 3.19. The summed E-state index contributed by atoms with van der Waals surface area (Å²) in [5.41, 5.74) is 1.78. The van der Waals surface area contributed by atoms with Gasteiger partial charge < -0.3 is 5.11 Å². The summed E-state index contributed by atoms with van der Waals surface area (Å²) in [5, 5.41) is 21.3. The molecule has 4 saturated carbocycles. The molecule has 1 N–H and O–H groups in total. The highest BCUT2D eigenvalue weighted by Crippen LogP contribution is 2.73. The topological polar surface area (TPSA) is 75.7 Å². The zero-order valence-corrected chi connectivity index (χ0v) is 17.8. The van der Waals surface area contributed by atoms with Crippen LogP contribution in [0.4, 0.5) is 5.69 Å². The van der Waals surface area contributed by atoms with Crippen LogP contribution in [0.1, 0.15) is 64.9 Å². The molecule has 0 saturated heterocycles. The summed E-state index contributed by atoms with van der Waals surface area (Å²) in [6.45, 7) is 8.07. The van der Waals surface area contributed by atoms with Gasteiger partial charge in [-0.15, -0.1) is 0 Å². The van der Waals surface area contributed by atoms with E-state index in [0.29, 0.717) is 26.3 Å². The molecule has 0 spiro atoms. The van der Waals surface area contributed by atoms with Gasteiger partial charge in [0.05, 0.1) is 9.40 Å². The molecule has 27 heavy (non-hydrogen) atoms. The van der Waals surface area contributed by atoms with Gasteiger partial charge >= 0.3 is 0 Å². The van der Waals surface area contributed by atoms with Crippen molar-refractivity contribution in [2.75, 3.05) is 6.54 Å². The van der Waals surface area contributed by atoms with Crippen LogP contribution in [-0.4, -0.2) is 22.8 Å². The number of aliphatic imine (C=N–C) groups is 1. The van der Waals surface area contributed by atoms with Crippen molar-refractivity contribution in [2.45, 2.75) is 59.3 Å². The van der Waals surface area contributed by atoms with E-state index in [1.54, 1.807) is 6.21 Å². The fourth-order valence-corrected chi connectivity index (χ4v) is 8.34. The van der Waals surface area contributed by atoms with Gasteiger partial charge in [0.1, 0.15) is 5.75 Å². The summed E-state index contributed by atoms with van der Waals surface area (Å²) in [6.07, 6.45) is 9.21. The highest BCUT2D eigenvalue weighted by molar-refractivity contribution is 9.10. The SMILES string of the molecule is CC12CC3(C)CC(C)(C1)CC(CN=Cc1cc([N+](=O)[O-])cc(Br)c1O)(C2)C3. The van der Waals surface area contributed by atoms with E-state index in [-0.39, 0.29) is 16.9 Å². The maximum atomic E-state index is 11.1. The number of phenols is 1. The van der Waals surface area contributed by atoms with E-state index in [9.17, 15) is 15.2 Å². The predicted molar refractivity (Wildman–Crippen MR) is 109 cm³/mol. The van der Waals surface area contributed by atoms with Crippen LogP contribution in [0.15, 0.2) is 21.6 Å². The lowest BCUT2D eigenvalue weighted by Gasteiger charge is -2.69. The maximum absolute atomic E-state index is 11.1. The van der Waals surface area contributed by atoms with Gasteiger partial charge in [0.2, 0.25) is 0 Å². The highest BCUT2D eigenvalue weighted by Gasteiger charge is 2.63. The van der Waals surface area contributed by atoms with E-state index < -0.39 is 4.92 Å². The van der Waals surface area contributed by atoms with Crippen LogP contribution in [0.25, 0.3) is 0 Å². The molecule has 5 nitrogen and oxygen atoms in total.